The molecule has 0 aliphatic carbocycles. The first-order chi connectivity index (χ1) is 16.1. The fraction of sp³-hybridized carbons (Fsp3) is 0.321. The second kappa shape index (κ2) is 9.06. The summed E-state index contributed by atoms with van der Waals surface area (Å²) < 4.78 is 27.0. The molecule has 2 heterocycles. The number of para-hydroxylation sites is 1. The summed E-state index contributed by atoms with van der Waals surface area (Å²) in [5, 5.41) is 3.38. The van der Waals surface area contributed by atoms with E-state index in [4.69, 9.17) is 0 Å². The predicted octanol–water partition coefficient (Wildman–Crippen LogP) is 5.54. The Balaban J connectivity index is 1.37. The van der Waals surface area contributed by atoms with E-state index in [2.05, 4.69) is 17.4 Å². The number of benzene rings is 3. The molecule has 170 valence electrons. The van der Waals surface area contributed by atoms with Gasteiger partial charge in [0.1, 0.15) is 11.6 Å². The number of carbonyl (C=O) groups excluding carboxylic acids is 1. The first-order valence-corrected chi connectivity index (χ1v) is 11.7. The van der Waals surface area contributed by atoms with Gasteiger partial charge in [0, 0.05) is 18.2 Å². The van der Waals surface area contributed by atoms with Crippen molar-refractivity contribution in [1.82, 2.24) is 5.32 Å². The molecule has 0 aromatic heterocycles. The molecule has 1 N–H and O–H groups in total. The minimum absolute atomic E-state index is 0.00647. The fourth-order valence-corrected chi connectivity index (χ4v) is 5.52. The van der Waals surface area contributed by atoms with E-state index in [-0.39, 0.29) is 23.5 Å². The number of nitrogens with one attached hydrogen (secondary N) is 1. The van der Waals surface area contributed by atoms with Crippen molar-refractivity contribution in [2.24, 2.45) is 0 Å². The van der Waals surface area contributed by atoms with Crippen LogP contribution in [0.25, 0.3) is 0 Å². The molecule has 5 rings (SSSR count). The lowest BCUT2D eigenvalue weighted by Crippen LogP contribution is -2.47. The summed E-state index contributed by atoms with van der Waals surface area (Å²) in [6, 6.07) is 21.2. The highest BCUT2D eigenvalue weighted by atomic mass is 19.1. The number of anilines is 1. The van der Waals surface area contributed by atoms with Crippen molar-refractivity contribution in [1.29, 1.82) is 0 Å². The first kappa shape index (κ1) is 21.8. The Kier molecular flexibility index (Phi) is 5.98. The fourth-order valence-electron chi connectivity index (χ4n) is 5.52. The standard InChI is InChI=1S/C28H28F2N2O/c29-22-11-7-20(8-12-22)24(21-9-13-23(30)14-10-21)4-3-19-32-26-6-2-1-5-25(26)28(27(32)33)15-17-31-18-16-28/h1-2,5-14,24,31H,3-4,15-19H2. The number of nitrogens with zero attached hydrogens (tertiary/aromatic N) is 1. The minimum atomic E-state index is -0.408. The number of fused-ring (bicyclic) bond motifs is 2. The maximum Gasteiger partial charge on any atom is 0.237 e. The molecule has 3 aromatic rings. The molecule has 2 aliphatic rings. The predicted molar refractivity (Wildman–Crippen MR) is 126 cm³/mol. The van der Waals surface area contributed by atoms with Gasteiger partial charge in [0.2, 0.25) is 5.91 Å². The maximum atomic E-state index is 13.6. The van der Waals surface area contributed by atoms with Crippen LogP contribution in [0.5, 0.6) is 0 Å². The van der Waals surface area contributed by atoms with E-state index in [0.717, 1.165) is 61.2 Å². The monoisotopic (exact) mass is 446 g/mol. The Morgan fingerprint density at radius 1 is 0.848 bits per heavy atom. The van der Waals surface area contributed by atoms with Crippen LogP contribution in [0.15, 0.2) is 72.8 Å². The SMILES string of the molecule is O=C1N(CCCC(c2ccc(F)cc2)c2ccc(F)cc2)c2ccccc2C12CCNCC2. The van der Waals surface area contributed by atoms with E-state index < -0.39 is 5.41 Å². The van der Waals surface area contributed by atoms with Crippen LogP contribution in [0, 0.1) is 11.6 Å². The van der Waals surface area contributed by atoms with Crippen molar-refractivity contribution >= 4 is 11.6 Å². The average molecular weight is 447 g/mol. The molecule has 1 amide bonds. The molecule has 1 saturated heterocycles. The van der Waals surface area contributed by atoms with Crippen LogP contribution in [-0.4, -0.2) is 25.5 Å². The molecular weight excluding hydrogens is 418 g/mol. The summed E-state index contributed by atoms with van der Waals surface area (Å²) >= 11 is 0. The zero-order chi connectivity index (χ0) is 22.8. The van der Waals surface area contributed by atoms with Gasteiger partial charge in [-0.2, -0.15) is 0 Å². The van der Waals surface area contributed by atoms with Gasteiger partial charge in [-0.1, -0.05) is 42.5 Å². The number of piperidine rings is 1. The van der Waals surface area contributed by atoms with Crippen LogP contribution >= 0.6 is 0 Å². The van der Waals surface area contributed by atoms with Crippen LogP contribution in [0.2, 0.25) is 0 Å². The molecule has 0 saturated carbocycles. The van der Waals surface area contributed by atoms with Crippen LogP contribution in [-0.2, 0) is 10.2 Å². The van der Waals surface area contributed by atoms with Crippen LogP contribution in [0.4, 0.5) is 14.5 Å². The summed E-state index contributed by atoms with van der Waals surface area (Å²) in [6.07, 6.45) is 3.21. The molecule has 1 fully saturated rings. The van der Waals surface area contributed by atoms with Crippen molar-refractivity contribution in [2.45, 2.75) is 37.0 Å². The number of carbonyl (C=O) groups is 1. The summed E-state index contributed by atoms with van der Waals surface area (Å²) in [4.78, 5) is 15.6. The second-order valence-corrected chi connectivity index (χ2v) is 9.10. The third-order valence-electron chi connectivity index (χ3n) is 7.24. The van der Waals surface area contributed by atoms with Crippen LogP contribution < -0.4 is 10.2 Å². The Morgan fingerprint density at radius 3 is 2.03 bits per heavy atom. The largest absolute Gasteiger partial charge is 0.317 e. The van der Waals surface area contributed by atoms with Gasteiger partial charge in [-0.05, 0) is 85.8 Å². The van der Waals surface area contributed by atoms with E-state index in [0.29, 0.717) is 6.54 Å². The third kappa shape index (κ3) is 4.06. The lowest BCUT2D eigenvalue weighted by molar-refractivity contribution is -0.124. The molecule has 33 heavy (non-hydrogen) atoms. The van der Waals surface area contributed by atoms with Gasteiger partial charge in [-0.25, -0.2) is 8.78 Å². The molecule has 0 unspecified atom stereocenters. The molecule has 3 nitrogen and oxygen atoms in total. The van der Waals surface area contributed by atoms with E-state index in [9.17, 15) is 13.6 Å². The maximum absolute atomic E-state index is 13.6. The van der Waals surface area contributed by atoms with Gasteiger partial charge >= 0.3 is 0 Å². The Morgan fingerprint density at radius 2 is 1.42 bits per heavy atom. The smallest absolute Gasteiger partial charge is 0.237 e. The molecule has 2 aliphatic heterocycles. The van der Waals surface area contributed by atoms with E-state index in [1.807, 2.05) is 17.0 Å². The summed E-state index contributed by atoms with van der Waals surface area (Å²) in [7, 11) is 0. The summed E-state index contributed by atoms with van der Waals surface area (Å²) in [5.74, 6) is -0.330. The second-order valence-electron chi connectivity index (χ2n) is 9.10. The average Bonchev–Trinajstić information content (AvgIpc) is 3.06. The molecule has 1 spiro atoms. The molecule has 0 bridgehead atoms. The van der Waals surface area contributed by atoms with Crippen molar-refractivity contribution in [2.75, 3.05) is 24.5 Å². The topological polar surface area (TPSA) is 32.3 Å². The van der Waals surface area contributed by atoms with Gasteiger partial charge < -0.3 is 10.2 Å². The van der Waals surface area contributed by atoms with Crippen molar-refractivity contribution in [3.63, 3.8) is 0 Å². The lowest BCUT2D eigenvalue weighted by atomic mass is 9.74. The molecule has 5 heteroatoms. The highest BCUT2D eigenvalue weighted by Crippen LogP contribution is 2.47. The van der Waals surface area contributed by atoms with Crippen molar-refractivity contribution in [3.05, 3.63) is 101 Å². The van der Waals surface area contributed by atoms with Gasteiger partial charge in [0.25, 0.3) is 0 Å². The third-order valence-corrected chi connectivity index (χ3v) is 7.24. The molecular formula is C28H28F2N2O. The minimum Gasteiger partial charge on any atom is -0.317 e. The van der Waals surface area contributed by atoms with Gasteiger partial charge in [0.15, 0.2) is 0 Å². The first-order valence-electron chi connectivity index (χ1n) is 11.7. The summed E-state index contributed by atoms with van der Waals surface area (Å²) in [6.45, 7) is 2.33. The van der Waals surface area contributed by atoms with Gasteiger partial charge in [-0.3, -0.25) is 4.79 Å². The quantitative estimate of drug-likeness (QED) is 0.539. The van der Waals surface area contributed by atoms with E-state index in [1.165, 1.54) is 24.3 Å². The molecule has 3 aromatic carbocycles. The number of amides is 1. The van der Waals surface area contributed by atoms with E-state index in [1.54, 1.807) is 24.3 Å². The molecule has 0 atom stereocenters. The zero-order valence-electron chi connectivity index (χ0n) is 18.6. The highest BCUT2D eigenvalue weighted by molar-refractivity contribution is 6.08. The van der Waals surface area contributed by atoms with Crippen LogP contribution in [0.3, 0.4) is 0 Å². The Bertz CT molecular complexity index is 1080. The van der Waals surface area contributed by atoms with Gasteiger partial charge in [0.05, 0.1) is 5.41 Å². The highest BCUT2D eigenvalue weighted by Gasteiger charge is 2.50. The van der Waals surface area contributed by atoms with Gasteiger partial charge in [-0.15, -0.1) is 0 Å². The van der Waals surface area contributed by atoms with E-state index >= 15 is 0 Å². The van der Waals surface area contributed by atoms with Crippen molar-refractivity contribution < 1.29 is 13.6 Å². The number of halogens is 2. The Hall–Kier alpha value is -3.05. The number of rotatable bonds is 6. The summed E-state index contributed by atoms with van der Waals surface area (Å²) in [5.41, 5.74) is 3.77. The lowest BCUT2D eigenvalue weighted by Gasteiger charge is -2.33. The van der Waals surface area contributed by atoms with Crippen LogP contribution in [0.1, 0.15) is 48.3 Å². The Labute approximate surface area is 193 Å². The zero-order valence-corrected chi connectivity index (χ0v) is 18.6. The van der Waals surface area contributed by atoms with Crippen molar-refractivity contribution in [3.8, 4) is 0 Å². The number of hydrogen-bond donors (Lipinski definition) is 1. The molecule has 0 radical (unpaired) electrons. The number of hydrogen-bond acceptors (Lipinski definition) is 2. The normalized spacial score (nSPS) is 17.1.